The van der Waals surface area contributed by atoms with Gasteiger partial charge in [0, 0.05) is 38.7 Å². The van der Waals surface area contributed by atoms with Crippen molar-refractivity contribution in [2.75, 3.05) is 19.5 Å². The van der Waals surface area contributed by atoms with Crippen LogP contribution in [0.3, 0.4) is 0 Å². The van der Waals surface area contributed by atoms with Crippen molar-refractivity contribution in [2.45, 2.75) is 12.3 Å². The summed E-state index contributed by atoms with van der Waals surface area (Å²) < 4.78 is 11.0. The van der Waals surface area contributed by atoms with E-state index >= 15 is 0 Å². The van der Waals surface area contributed by atoms with E-state index in [9.17, 15) is 4.79 Å². The largest absolute Gasteiger partial charge is 0.493 e. The number of carbonyl (C=O) groups excluding carboxylic acids is 1. The summed E-state index contributed by atoms with van der Waals surface area (Å²) in [6, 6.07) is 13.4. The van der Waals surface area contributed by atoms with Gasteiger partial charge in [0.2, 0.25) is 5.91 Å². The minimum absolute atomic E-state index is 0.00835. The highest BCUT2D eigenvalue weighted by molar-refractivity contribution is 7.11. The second-order valence-corrected chi connectivity index (χ2v) is 7.63. The van der Waals surface area contributed by atoms with Crippen LogP contribution in [0.15, 0.2) is 47.8 Å². The number of methoxy groups -OCH3 is 2. The summed E-state index contributed by atoms with van der Waals surface area (Å²) in [6.45, 7) is 0. The summed E-state index contributed by atoms with van der Waals surface area (Å²) in [5.41, 5.74) is 3.85. The molecule has 0 fully saturated rings. The van der Waals surface area contributed by atoms with E-state index in [2.05, 4.69) is 10.7 Å². The fraction of sp³-hybridized carbons (Fsp3) is 0.190. The third-order valence-electron chi connectivity index (χ3n) is 4.75. The van der Waals surface area contributed by atoms with Gasteiger partial charge in [-0.05, 0) is 23.8 Å². The molecule has 0 bridgehead atoms. The van der Waals surface area contributed by atoms with E-state index in [4.69, 9.17) is 21.1 Å². The van der Waals surface area contributed by atoms with Crippen molar-refractivity contribution < 1.29 is 14.3 Å². The highest BCUT2D eigenvalue weighted by Gasteiger charge is 2.32. The van der Waals surface area contributed by atoms with Gasteiger partial charge in [0.05, 0.1) is 19.9 Å². The fourth-order valence-electron chi connectivity index (χ4n) is 3.51. The maximum absolute atomic E-state index is 12.5. The smallest absolute Gasteiger partial charge is 0.225 e. The molecule has 1 amide bonds. The number of benzene rings is 2. The Labute approximate surface area is 166 Å². The van der Waals surface area contributed by atoms with E-state index in [1.54, 1.807) is 25.6 Å². The molecule has 1 atom stereocenters. The Balaban J connectivity index is 1.84. The van der Waals surface area contributed by atoms with Gasteiger partial charge in [-0.3, -0.25) is 4.79 Å². The van der Waals surface area contributed by atoms with Crippen LogP contribution in [0.5, 0.6) is 11.5 Å². The molecule has 1 aliphatic heterocycles. The number of hydrogen-bond acceptors (Lipinski definition) is 4. The molecule has 3 aromatic rings. The average molecular weight is 400 g/mol. The van der Waals surface area contributed by atoms with Crippen LogP contribution in [0.25, 0.3) is 11.1 Å². The zero-order valence-electron chi connectivity index (χ0n) is 14.9. The number of amides is 1. The fourth-order valence-corrected chi connectivity index (χ4v) is 4.78. The summed E-state index contributed by atoms with van der Waals surface area (Å²) in [7, 11) is 3.24. The number of thiophene rings is 1. The number of rotatable bonds is 4. The first-order chi connectivity index (χ1) is 13.1. The standard InChI is InChI=1S/C21H18ClNO3S/c1-25-17-5-3-4-14(20(17)26-2)15-10-18(24)23-19-16(11-27-21(15)19)12-6-8-13(22)9-7-12/h3-9,11,15H,10H2,1-2H3,(H,23,24). The van der Waals surface area contributed by atoms with Gasteiger partial charge >= 0.3 is 0 Å². The van der Waals surface area contributed by atoms with Crippen LogP contribution in [0, 0.1) is 0 Å². The molecule has 138 valence electrons. The van der Waals surface area contributed by atoms with Crippen molar-refractivity contribution >= 4 is 34.5 Å². The molecule has 2 heterocycles. The van der Waals surface area contributed by atoms with Gasteiger partial charge in [-0.1, -0.05) is 35.9 Å². The molecule has 0 saturated carbocycles. The van der Waals surface area contributed by atoms with Crippen LogP contribution in [-0.4, -0.2) is 20.1 Å². The quantitative estimate of drug-likeness (QED) is 0.624. The number of anilines is 1. The van der Waals surface area contributed by atoms with Crippen LogP contribution in [0.2, 0.25) is 5.02 Å². The molecule has 0 saturated heterocycles. The maximum atomic E-state index is 12.5. The van der Waals surface area contributed by atoms with Gasteiger partial charge in [0.25, 0.3) is 0 Å². The van der Waals surface area contributed by atoms with Crippen molar-refractivity contribution in [2.24, 2.45) is 0 Å². The summed E-state index contributed by atoms with van der Waals surface area (Å²) in [5.74, 6) is 1.25. The van der Waals surface area contributed by atoms with Gasteiger partial charge < -0.3 is 14.8 Å². The van der Waals surface area contributed by atoms with Crippen molar-refractivity contribution in [3.05, 3.63) is 63.3 Å². The van der Waals surface area contributed by atoms with E-state index in [0.29, 0.717) is 22.9 Å². The first-order valence-corrected chi connectivity index (χ1v) is 9.76. The van der Waals surface area contributed by atoms with Crippen LogP contribution in [0.1, 0.15) is 22.8 Å². The Morgan fingerprint density at radius 1 is 1.11 bits per heavy atom. The maximum Gasteiger partial charge on any atom is 0.225 e. The molecule has 6 heteroatoms. The van der Waals surface area contributed by atoms with Crippen molar-refractivity contribution in [3.63, 3.8) is 0 Å². The number of nitrogens with one attached hydrogen (secondary N) is 1. The van der Waals surface area contributed by atoms with Crippen LogP contribution in [0.4, 0.5) is 5.69 Å². The molecule has 1 N–H and O–H groups in total. The van der Waals surface area contributed by atoms with Crippen LogP contribution in [-0.2, 0) is 4.79 Å². The Kier molecular flexibility index (Phi) is 4.81. The first-order valence-electron chi connectivity index (χ1n) is 8.50. The molecule has 4 rings (SSSR count). The van der Waals surface area contributed by atoms with Gasteiger partial charge in [0.15, 0.2) is 11.5 Å². The molecular weight excluding hydrogens is 382 g/mol. The van der Waals surface area contributed by atoms with E-state index in [1.807, 2.05) is 42.5 Å². The second kappa shape index (κ2) is 7.25. The SMILES string of the molecule is COc1cccc(C2CC(=O)Nc3c(-c4ccc(Cl)cc4)csc32)c1OC. The lowest BCUT2D eigenvalue weighted by molar-refractivity contribution is -0.116. The number of carbonyl (C=O) groups is 1. The third kappa shape index (κ3) is 3.17. The van der Waals surface area contributed by atoms with E-state index in [0.717, 1.165) is 27.3 Å². The minimum Gasteiger partial charge on any atom is -0.493 e. The molecule has 1 aliphatic rings. The topological polar surface area (TPSA) is 47.6 Å². The Morgan fingerprint density at radius 3 is 2.59 bits per heavy atom. The summed E-state index contributed by atoms with van der Waals surface area (Å²) in [4.78, 5) is 13.6. The van der Waals surface area contributed by atoms with Gasteiger partial charge in [-0.2, -0.15) is 0 Å². The highest BCUT2D eigenvalue weighted by Crippen LogP contribution is 2.49. The van der Waals surface area contributed by atoms with E-state index in [-0.39, 0.29) is 11.8 Å². The van der Waals surface area contributed by atoms with Crippen molar-refractivity contribution in [1.29, 1.82) is 0 Å². The number of halogens is 1. The molecule has 1 aromatic heterocycles. The third-order valence-corrected chi connectivity index (χ3v) is 6.10. The number of fused-ring (bicyclic) bond motifs is 1. The molecule has 27 heavy (non-hydrogen) atoms. The number of ether oxygens (including phenoxy) is 2. The summed E-state index contributed by atoms with van der Waals surface area (Å²) >= 11 is 7.66. The molecule has 2 aromatic carbocycles. The zero-order chi connectivity index (χ0) is 19.0. The lowest BCUT2D eigenvalue weighted by atomic mass is 9.88. The van der Waals surface area contributed by atoms with Crippen LogP contribution < -0.4 is 14.8 Å². The van der Waals surface area contributed by atoms with Crippen molar-refractivity contribution in [1.82, 2.24) is 0 Å². The predicted molar refractivity (Wildman–Crippen MR) is 109 cm³/mol. The van der Waals surface area contributed by atoms with E-state index < -0.39 is 0 Å². The van der Waals surface area contributed by atoms with Crippen molar-refractivity contribution in [3.8, 4) is 22.6 Å². The zero-order valence-corrected chi connectivity index (χ0v) is 16.5. The summed E-state index contributed by atoms with van der Waals surface area (Å²) in [6.07, 6.45) is 0.372. The molecule has 0 aliphatic carbocycles. The second-order valence-electron chi connectivity index (χ2n) is 6.28. The minimum atomic E-state index is -0.0788. The monoisotopic (exact) mass is 399 g/mol. The average Bonchev–Trinajstić information content (AvgIpc) is 3.11. The number of hydrogen-bond donors (Lipinski definition) is 1. The normalized spacial score (nSPS) is 15.8. The Hall–Kier alpha value is -2.50. The van der Waals surface area contributed by atoms with Gasteiger partial charge in [0.1, 0.15) is 0 Å². The molecule has 1 unspecified atom stereocenters. The molecule has 0 spiro atoms. The molecule has 4 nitrogen and oxygen atoms in total. The predicted octanol–water partition coefficient (Wildman–Crippen LogP) is 5.56. The lowest BCUT2D eigenvalue weighted by Gasteiger charge is -2.25. The Morgan fingerprint density at radius 2 is 1.89 bits per heavy atom. The highest BCUT2D eigenvalue weighted by atomic mass is 35.5. The Bertz CT molecular complexity index is 997. The first kappa shape index (κ1) is 17.9. The molecule has 0 radical (unpaired) electrons. The number of para-hydroxylation sites is 1. The lowest BCUT2D eigenvalue weighted by Crippen LogP contribution is -2.22. The summed E-state index contributed by atoms with van der Waals surface area (Å²) in [5, 5.41) is 5.82. The van der Waals surface area contributed by atoms with Gasteiger partial charge in [-0.15, -0.1) is 11.3 Å². The van der Waals surface area contributed by atoms with E-state index in [1.165, 1.54) is 0 Å². The van der Waals surface area contributed by atoms with Crippen LogP contribution >= 0.6 is 22.9 Å². The molecular formula is C21H18ClNO3S. The van der Waals surface area contributed by atoms with Gasteiger partial charge in [-0.25, -0.2) is 0 Å².